The van der Waals surface area contributed by atoms with Crippen molar-refractivity contribution in [3.8, 4) is 0 Å². The molecule has 90 valence electrons. The summed E-state index contributed by atoms with van der Waals surface area (Å²) in [5, 5.41) is 11.2. The topological polar surface area (TPSA) is 20.2 Å². The lowest BCUT2D eigenvalue weighted by Gasteiger charge is -2.64. The van der Waals surface area contributed by atoms with Crippen molar-refractivity contribution in [1.29, 1.82) is 0 Å². The number of fused-ring (bicyclic) bond motifs is 1. The molecule has 2 fully saturated rings. The molecule has 0 aromatic rings. The molecule has 0 saturated heterocycles. The van der Waals surface area contributed by atoms with Gasteiger partial charge in [-0.05, 0) is 55.9 Å². The lowest BCUT2D eigenvalue weighted by molar-refractivity contribution is -0.213. The standard InChI is InChI=1S/C15H24O/c1-14(2)12-9-6-10-13(12)15(14,16)11-7-4-3-5-8-11/h7,12-13,16H,3-6,8-10H2,1-2H3/t12-,13+,15+/m1/s1. The van der Waals surface area contributed by atoms with Crippen molar-refractivity contribution in [3.63, 3.8) is 0 Å². The zero-order chi connectivity index (χ0) is 11.4. The molecule has 1 heteroatoms. The molecular weight excluding hydrogens is 196 g/mol. The summed E-state index contributed by atoms with van der Waals surface area (Å²) < 4.78 is 0. The zero-order valence-corrected chi connectivity index (χ0v) is 10.6. The first-order valence-electron chi connectivity index (χ1n) is 7.00. The van der Waals surface area contributed by atoms with Crippen LogP contribution >= 0.6 is 0 Å². The fourth-order valence-corrected chi connectivity index (χ4v) is 4.82. The molecule has 3 aliphatic carbocycles. The first-order chi connectivity index (χ1) is 7.58. The average Bonchev–Trinajstić information content (AvgIpc) is 2.77. The summed E-state index contributed by atoms with van der Waals surface area (Å²) in [4.78, 5) is 0. The van der Waals surface area contributed by atoms with Crippen LogP contribution in [0.1, 0.15) is 58.8 Å². The SMILES string of the molecule is CC1(C)[C@@H]2CCC[C@@H]2[C@@]1(O)C1=CCCCC1. The fourth-order valence-electron chi connectivity index (χ4n) is 4.82. The molecule has 0 aliphatic heterocycles. The van der Waals surface area contributed by atoms with Crippen molar-refractivity contribution < 1.29 is 5.11 Å². The highest BCUT2D eigenvalue weighted by Crippen LogP contribution is 2.68. The molecule has 0 aromatic heterocycles. The summed E-state index contributed by atoms with van der Waals surface area (Å²) in [7, 11) is 0. The van der Waals surface area contributed by atoms with Gasteiger partial charge in [-0.3, -0.25) is 0 Å². The van der Waals surface area contributed by atoms with Crippen LogP contribution in [0.5, 0.6) is 0 Å². The summed E-state index contributed by atoms with van der Waals surface area (Å²) in [6, 6.07) is 0. The van der Waals surface area contributed by atoms with Crippen LogP contribution in [0, 0.1) is 17.3 Å². The first kappa shape index (κ1) is 10.8. The molecular formula is C15H24O. The summed E-state index contributed by atoms with van der Waals surface area (Å²) >= 11 is 0. The van der Waals surface area contributed by atoms with E-state index in [0.29, 0.717) is 5.92 Å². The van der Waals surface area contributed by atoms with Gasteiger partial charge in [-0.25, -0.2) is 0 Å². The Morgan fingerprint density at radius 3 is 2.56 bits per heavy atom. The number of allylic oxidation sites excluding steroid dienone is 1. The van der Waals surface area contributed by atoms with Crippen LogP contribution in [-0.4, -0.2) is 10.7 Å². The van der Waals surface area contributed by atoms with Crippen LogP contribution in [0.4, 0.5) is 0 Å². The molecule has 3 aliphatic rings. The Kier molecular flexibility index (Phi) is 2.27. The second kappa shape index (κ2) is 3.35. The van der Waals surface area contributed by atoms with Gasteiger partial charge in [0, 0.05) is 5.41 Å². The molecule has 0 amide bonds. The molecule has 3 rings (SSSR count). The van der Waals surface area contributed by atoms with Gasteiger partial charge in [0.2, 0.25) is 0 Å². The van der Waals surface area contributed by atoms with Crippen molar-refractivity contribution in [3.05, 3.63) is 11.6 Å². The van der Waals surface area contributed by atoms with Crippen molar-refractivity contribution in [2.45, 2.75) is 64.4 Å². The van der Waals surface area contributed by atoms with Crippen molar-refractivity contribution >= 4 is 0 Å². The third-order valence-corrected chi connectivity index (χ3v) is 5.74. The van der Waals surface area contributed by atoms with Gasteiger partial charge < -0.3 is 5.11 Å². The maximum atomic E-state index is 11.2. The normalized spacial score (nSPS) is 45.8. The summed E-state index contributed by atoms with van der Waals surface area (Å²) in [6.45, 7) is 4.57. The predicted octanol–water partition coefficient (Wildman–Crippen LogP) is 3.67. The van der Waals surface area contributed by atoms with Crippen molar-refractivity contribution in [2.24, 2.45) is 17.3 Å². The number of aliphatic hydroxyl groups is 1. The maximum absolute atomic E-state index is 11.2. The van der Waals surface area contributed by atoms with Gasteiger partial charge in [0.05, 0.1) is 5.60 Å². The van der Waals surface area contributed by atoms with Crippen LogP contribution in [0.2, 0.25) is 0 Å². The Morgan fingerprint density at radius 1 is 1.12 bits per heavy atom. The molecule has 16 heavy (non-hydrogen) atoms. The van der Waals surface area contributed by atoms with Crippen LogP contribution in [-0.2, 0) is 0 Å². The largest absolute Gasteiger partial charge is 0.385 e. The maximum Gasteiger partial charge on any atom is 0.0940 e. The van der Waals surface area contributed by atoms with Crippen molar-refractivity contribution in [1.82, 2.24) is 0 Å². The molecule has 1 N–H and O–H groups in total. The van der Waals surface area contributed by atoms with Gasteiger partial charge in [-0.1, -0.05) is 26.3 Å². The average molecular weight is 220 g/mol. The monoisotopic (exact) mass is 220 g/mol. The first-order valence-corrected chi connectivity index (χ1v) is 7.00. The number of rotatable bonds is 1. The lowest BCUT2D eigenvalue weighted by Crippen LogP contribution is -2.67. The molecule has 0 aromatic carbocycles. The Bertz CT molecular complexity index is 328. The lowest BCUT2D eigenvalue weighted by atomic mass is 9.44. The summed E-state index contributed by atoms with van der Waals surface area (Å²) in [5.41, 5.74) is 1.05. The minimum Gasteiger partial charge on any atom is -0.385 e. The predicted molar refractivity (Wildman–Crippen MR) is 66.1 cm³/mol. The van der Waals surface area contributed by atoms with Gasteiger partial charge in [-0.2, -0.15) is 0 Å². The zero-order valence-electron chi connectivity index (χ0n) is 10.6. The molecule has 1 nitrogen and oxygen atoms in total. The quantitative estimate of drug-likeness (QED) is 0.668. The minimum absolute atomic E-state index is 0.122. The minimum atomic E-state index is -0.450. The molecule has 0 unspecified atom stereocenters. The highest BCUT2D eigenvalue weighted by atomic mass is 16.3. The Morgan fingerprint density at radius 2 is 1.88 bits per heavy atom. The fraction of sp³-hybridized carbons (Fsp3) is 0.867. The van der Waals surface area contributed by atoms with E-state index in [1.807, 2.05) is 0 Å². The molecule has 0 radical (unpaired) electrons. The van der Waals surface area contributed by atoms with Crippen LogP contribution in [0.15, 0.2) is 11.6 Å². The Balaban J connectivity index is 1.94. The number of hydrogen-bond acceptors (Lipinski definition) is 1. The van der Waals surface area contributed by atoms with E-state index in [0.717, 1.165) is 12.3 Å². The van der Waals surface area contributed by atoms with Gasteiger partial charge in [0.25, 0.3) is 0 Å². The molecule has 3 atom stereocenters. The third kappa shape index (κ3) is 1.11. The molecule has 0 spiro atoms. The smallest absolute Gasteiger partial charge is 0.0940 e. The van der Waals surface area contributed by atoms with E-state index in [4.69, 9.17) is 0 Å². The van der Waals surface area contributed by atoms with Gasteiger partial charge in [0.15, 0.2) is 0 Å². The third-order valence-electron chi connectivity index (χ3n) is 5.74. The van der Waals surface area contributed by atoms with Crippen LogP contribution in [0.3, 0.4) is 0 Å². The van der Waals surface area contributed by atoms with Gasteiger partial charge >= 0.3 is 0 Å². The van der Waals surface area contributed by atoms with Gasteiger partial charge in [-0.15, -0.1) is 0 Å². The van der Waals surface area contributed by atoms with E-state index < -0.39 is 5.60 Å². The van der Waals surface area contributed by atoms with Crippen molar-refractivity contribution in [2.75, 3.05) is 0 Å². The van der Waals surface area contributed by atoms with Crippen LogP contribution < -0.4 is 0 Å². The Labute approximate surface area is 98.9 Å². The highest BCUT2D eigenvalue weighted by molar-refractivity contribution is 5.33. The van der Waals surface area contributed by atoms with Crippen LogP contribution in [0.25, 0.3) is 0 Å². The second-order valence-corrected chi connectivity index (χ2v) is 6.61. The van der Waals surface area contributed by atoms with E-state index in [-0.39, 0.29) is 5.41 Å². The number of hydrogen-bond donors (Lipinski definition) is 1. The van der Waals surface area contributed by atoms with E-state index in [9.17, 15) is 5.11 Å². The van der Waals surface area contributed by atoms with E-state index >= 15 is 0 Å². The molecule has 0 bridgehead atoms. The Hall–Kier alpha value is -0.300. The summed E-state index contributed by atoms with van der Waals surface area (Å²) in [5.74, 6) is 1.35. The highest BCUT2D eigenvalue weighted by Gasteiger charge is 2.68. The second-order valence-electron chi connectivity index (χ2n) is 6.61. The summed E-state index contributed by atoms with van der Waals surface area (Å²) in [6.07, 6.45) is 11.2. The van der Waals surface area contributed by atoms with Gasteiger partial charge in [0.1, 0.15) is 0 Å². The molecule has 0 heterocycles. The van der Waals surface area contributed by atoms with E-state index in [2.05, 4.69) is 19.9 Å². The van der Waals surface area contributed by atoms with E-state index in [1.165, 1.54) is 44.1 Å². The molecule has 2 saturated carbocycles. The van der Waals surface area contributed by atoms with E-state index in [1.54, 1.807) is 0 Å².